The van der Waals surface area contributed by atoms with Crippen molar-refractivity contribution in [2.45, 2.75) is 34.1 Å². The molecule has 3 nitrogen and oxygen atoms in total. The van der Waals surface area contributed by atoms with Crippen LogP contribution >= 0.6 is 0 Å². The monoisotopic (exact) mass is 521 g/mol. The van der Waals surface area contributed by atoms with Crippen LogP contribution in [-0.4, -0.2) is 42.3 Å². The van der Waals surface area contributed by atoms with Crippen LogP contribution < -0.4 is 0 Å². The standard InChI is InChI=1S/C18H18.C8H11.3C2H6N.Ti/c1-15-7-11-17(12-8-15)5-3-4-6-18-13-9-16(2)10-14-18;1-8(2)6-4-3-5-7-8;3*1-3-2;/h3-14H,1-2H3;3-5H,6H2,1-2H3;3*1-2H3;/q;;3*-1;+3. The maximum absolute atomic E-state index is 3.50. The van der Waals surface area contributed by atoms with Crippen LogP contribution in [0.1, 0.15) is 42.5 Å². The fourth-order valence-corrected chi connectivity index (χ4v) is 2.86. The summed E-state index contributed by atoms with van der Waals surface area (Å²) in [5, 5.41) is 10.5. The zero-order chi connectivity index (χ0) is 27.8. The van der Waals surface area contributed by atoms with Crippen LogP contribution in [0, 0.1) is 19.3 Å². The molecule has 0 aromatic heterocycles. The van der Waals surface area contributed by atoms with Crippen LogP contribution in [0.5, 0.6) is 0 Å². The molecule has 0 bridgehead atoms. The van der Waals surface area contributed by atoms with E-state index in [1.807, 2.05) is 0 Å². The Morgan fingerprint density at radius 1 is 0.667 bits per heavy atom. The molecule has 194 valence electrons. The molecule has 2 aromatic rings. The Morgan fingerprint density at radius 3 is 1.25 bits per heavy atom. The second kappa shape index (κ2) is 23.4. The average Bonchev–Trinajstić information content (AvgIpc) is 2.83. The Kier molecular flexibility index (Phi) is 23.5. The van der Waals surface area contributed by atoms with E-state index in [1.165, 1.54) is 32.6 Å². The molecule has 0 saturated carbocycles. The third kappa shape index (κ3) is 20.2. The van der Waals surface area contributed by atoms with Crippen molar-refractivity contribution < 1.29 is 20.4 Å². The third-order valence-corrected chi connectivity index (χ3v) is 5.92. The van der Waals surface area contributed by atoms with Gasteiger partial charge in [0.25, 0.3) is 0 Å². The normalized spacial score (nSPS) is 13.2. The minimum atomic E-state index is 0.411. The van der Waals surface area contributed by atoms with Gasteiger partial charge in [-0.25, -0.2) is 0 Å². The van der Waals surface area contributed by atoms with Gasteiger partial charge >= 0.3 is 68.2 Å². The van der Waals surface area contributed by atoms with Crippen molar-refractivity contribution in [1.29, 1.82) is 0 Å². The minimum Gasteiger partial charge on any atom is -0.668 e. The van der Waals surface area contributed by atoms with Gasteiger partial charge in [-0.05, 0) is 25.0 Å². The first-order valence-electron chi connectivity index (χ1n) is 12.1. The Bertz CT molecular complexity index is 832. The molecule has 0 aliphatic heterocycles. The number of nitrogens with zero attached hydrogens (tertiary/aromatic N) is 3. The molecular formula is C32H47N3Ti. The predicted molar refractivity (Wildman–Crippen MR) is 162 cm³/mol. The van der Waals surface area contributed by atoms with E-state index in [9.17, 15) is 0 Å². The van der Waals surface area contributed by atoms with Gasteiger partial charge in [0.2, 0.25) is 0 Å². The van der Waals surface area contributed by atoms with Crippen LogP contribution in [0.15, 0.2) is 82.8 Å². The summed E-state index contributed by atoms with van der Waals surface area (Å²) in [6, 6.07) is 17.0. The number of benzene rings is 2. The van der Waals surface area contributed by atoms with Gasteiger partial charge in [0.15, 0.2) is 0 Å². The van der Waals surface area contributed by atoms with Gasteiger partial charge in [0.1, 0.15) is 0 Å². The minimum absolute atomic E-state index is 0.411. The number of aryl methyl sites for hydroxylation is 2. The molecule has 0 heterocycles. The molecule has 36 heavy (non-hydrogen) atoms. The first-order chi connectivity index (χ1) is 17.1. The zero-order valence-corrected chi connectivity index (χ0v) is 25.8. The molecule has 0 amide bonds. The van der Waals surface area contributed by atoms with Crippen LogP contribution in [0.25, 0.3) is 28.1 Å². The molecule has 0 N–H and O–H groups in total. The number of allylic oxidation sites excluding steroid dienone is 6. The molecule has 0 fully saturated rings. The Hall–Kier alpha value is -2.01. The van der Waals surface area contributed by atoms with Gasteiger partial charge in [-0.3, -0.25) is 0 Å². The molecule has 3 rings (SSSR count). The molecular weight excluding hydrogens is 474 g/mol. The van der Waals surface area contributed by atoms with E-state index in [1.54, 1.807) is 42.3 Å². The Labute approximate surface area is 234 Å². The predicted octanol–water partition coefficient (Wildman–Crippen LogP) is 9.29. The van der Waals surface area contributed by atoms with Crippen molar-refractivity contribution >= 4 is 12.2 Å². The summed E-state index contributed by atoms with van der Waals surface area (Å²) in [7, 11) is 10.5. The van der Waals surface area contributed by atoms with Gasteiger partial charge < -0.3 is 16.0 Å². The smallest absolute Gasteiger partial charge is 0.0256 e. The van der Waals surface area contributed by atoms with E-state index >= 15 is 0 Å². The van der Waals surface area contributed by atoms with E-state index in [4.69, 9.17) is 0 Å². The van der Waals surface area contributed by atoms with Gasteiger partial charge in [-0.15, -0.1) is 0 Å². The molecule has 0 atom stereocenters. The molecule has 1 aliphatic rings. The van der Waals surface area contributed by atoms with E-state index in [0.29, 0.717) is 5.41 Å². The van der Waals surface area contributed by atoms with Crippen molar-refractivity contribution in [2.24, 2.45) is 5.41 Å². The molecule has 0 unspecified atom stereocenters. The molecule has 2 aromatic carbocycles. The second-order valence-electron chi connectivity index (χ2n) is 8.98. The van der Waals surface area contributed by atoms with E-state index in [-0.39, 0.29) is 0 Å². The fraction of sp³-hybridized carbons (Fsp3) is 0.375. The summed E-state index contributed by atoms with van der Waals surface area (Å²) in [5.41, 5.74) is 5.46. The maximum Gasteiger partial charge on any atom is -0.0256 e. The largest absolute Gasteiger partial charge is 0.668 e. The summed E-state index contributed by atoms with van der Waals surface area (Å²) in [6.45, 7) is 8.76. The second-order valence-corrected chi connectivity index (χ2v) is 9.82. The van der Waals surface area contributed by atoms with Crippen LogP contribution in [-0.2, 0) is 20.4 Å². The summed E-state index contributed by atoms with van der Waals surface area (Å²) in [4.78, 5) is 0. The van der Waals surface area contributed by atoms with Crippen molar-refractivity contribution in [2.75, 3.05) is 42.3 Å². The first-order valence-corrected chi connectivity index (χ1v) is 12.9. The Balaban J connectivity index is 0. The van der Waals surface area contributed by atoms with E-state index < -0.39 is 0 Å². The molecule has 0 radical (unpaired) electrons. The van der Waals surface area contributed by atoms with Gasteiger partial charge in [-0.2, -0.15) is 42.3 Å². The fourth-order valence-electron chi connectivity index (χ4n) is 2.55. The summed E-state index contributed by atoms with van der Waals surface area (Å²) in [6.07, 6.45) is 16.1. The topological polar surface area (TPSA) is 42.3 Å². The molecule has 1 aliphatic carbocycles. The molecule has 0 saturated heterocycles. The van der Waals surface area contributed by atoms with Gasteiger partial charge in [-0.1, -0.05) is 84.0 Å². The maximum atomic E-state index is 3.50. The van der Waals surface area contributed by atoms with Crippen molar-refractivity contribution in [3.8, 4) is 0 Å². The van der Waals surface area contributed by atoms with E-state index in [2.05, 4.69) is 155 Å². The summed E-state index contributed by atoms with van der Waals surface area (Å²) in [5.74, 6) is 0. The average molecular weight is 522 g/mol. The van der Waals surface area contributed by atoms with Crippen LogP contribution in [0.3, 0.4) is 0 Å². The van der Waals surface area contributed by atoms with Crippen LogP contribution in [0.4, 0.5) is 0 Å². The SMILES string of the molecule is CC1(C)CC=CC=[C]1[Ti+3].C[N-]C.C[N-]C.C[N-]C.Cc1ccc(C=CC=Cc2ccc(C)cc2)cc1. The number of hydrogen-bond acceptors (Lipinski definition) is 0. The number of rotatable bonds is 3. The third-order valence-electron chi connectivity index (χ3n) is 4.60. The quantitative estimate of drug-likeness (QED) is 0.285. The summed E-state index contributed by atoms with van der Waals surface area (Å²) >= 11 is 2.20. The van der Waals surface area contributed by atoms with Crippen molar-refractivity contribution in [1.82, 2.24) is 0 Å². The van der Waals surface area contributed by atoms with Crippen molar-refractivity contribution in [3.63, 3.8) is 0 Å². The van der Waals surface area contributed by atoms with Crippen LogP contribution in [0.2, 0.25) is 0 Å². The van der Waals surface area contributed by atoms with Gasteiger partial charge in [0.05, 0.1) is 0 Å². The first kappa shape index (κ1) is 36.2. The Morgan fingerprint density at radius 2 is 1.00 bits per heavy atom. The molecule has 0 spiro atoms. The van der Waals surface area contributed by atoms with Crippen molar-refractivity contribution in [3.05, 3.63) is 121 Å². The zero-order valence-electron chi connectivity index (χ0n) is 24.2. The number of hydrogen-bond donors (Lipinski definition) is 0. The molecule has 4 heteroatoms. The van der Waals surface area contributed by atoms with E-state index in [0.717, 1.165) is 0 Å². The van der Waals surface area contributed by atoms with Gasteiger partial charge in [0, 0.05) is 0 Å². The summed E-state index contributed by atoms with van der Waals surface area (Å²) < 4.78 is 1.49.